The maximum atomic E-state index is 6.11. The second kappa shape index (κ2) is 4.40. The molecule has 0 spiro atoms. The number of methoxy groups -OCH3 is 1. The van der Waals surface area contributed by atoms with Crippen LogP contribution < -0.4 is 10.5 Å². The van der Waals surface area contributed by atoms with Gasteiger partial charge in [0.2, 0.25) is 0 Å². The van der Waals surface area contributed by atoms with E-state index >= 15 is 0 Å². The van der Waals surface area contributed by atoms with E-state index in [-0.39, 0.29) is 0 Å². The summed E-state index contributed by atoms with van der Waals surface area (Å²) in [7, 11) is 1.57. The molecule has 0 atom stereocenters. The average molecular weight is 276 g/mol. The average Bonchev–Trinajstić information content (AvgIpc) is 2.84. The minimum atomic E-state index is 0.350. The van der Waals surface area contributed by atoms with Gasteiger partial charge in [0, 0.05) is 0 Å². The second-order valence-corrected chi connectivity index (χ2v) is 4.27. The van der Waals surface area contributed by atoms with Crippen LogP contribution in [0.25, 0.3) is 16.9 Å². The van der Waals surface area contributed by atoms with Gasteiger partial charge < -0.3 is 10.5 Å². The fourth-order valence-corrected chi connectivity index (χ4v) is 2.10. The molecule has 1 aromatic carbocycles. The summed E-state index contributed by atoms with van der Waals surface area (Å²) in [4.78, 5) is 12.3. The molecule has 0 radical (unpaired) electrons. The molecular weight excluding hydrogens is 266 g/mol. The van der Waals surface area contributed by atoms with E-state index < -0.39 is 0 Å². The predicted molar refractivity (Wildman–Crippen MR) is 72.6 cm³/mol. The zero-order valence-corrected chi connectivity index (χ0v) is 10.8. The first-order valence-electron chi connectivity index (χ1n) is 5.48. The third kappa shape index (κ3) is 1.86. The summed E-state index contributed by atoms with van der Waals surface area (Å²) >= 11 is 6.11. The summed E-state index contributed by atoms with van der Waals surface area (Å²) in [6, 6.07) is 5.43. The van der Waals surface area contributed by atoms with Crippen LogP contribution in [0.15, 0.2) is 30.9 Å². The largest absolute Gasteiger partial charge is 0.495 e. The smallest absolute Gasteiger partial charge is 0.170 e. The molecule has 0 aliphatic carbocycles. The highest BCUT2D eigenvalue weighted by molar-refractivity contribution is 6.32. The molecule has 19 heavy (non-hydrogen) atoms. The summed E-state index contributed by atoms with van der Waals surface area (Å²) in [5.74, 6) is 0.965. The fraction of sp³-hybridized carbons (Fsp3) is 0.0833. The number of halogens is 1. The van der Waals surface area contributed by atoms with E-state index in [9.17, 15) is 0 Å². The summed E-state index contributed by atoms with van der Waals surface area (Å²) in [5, 5.41) is 0.517. The summed E-state index contributed by atoms with van der Waals surface area (Å²) < 4.78 is 6.91. The molecule has 2 heterocycles. The lowest BCUT2D eigenvalue weighted by molar-refractivity contribution is 0.415. The van der Waals surface area contributed by atoms with Crippen LogP contribution in [0.1, 0.15) is 0 Å². The van der Waals surface area contributed by atoms with Crippen LogP contribution in [0.5, 0.6) is 5.75 Å². The molecule has 0 saturated heterocycles. The zero-order chi connectivity index (χ0) is 13.4. The Balaban J connectivity index is 2.19. The number of nitrogens with zero attached hydrogens (tertiary/aromatic N) is 4. The number of imidazole rings is 1. The van der Waals surface area contributed by atoms with Gasteiger partial charge in [-0.2, -0.15) is 0 Å². The highest BCUT2D eigenvalue weighted by Gasteiger charge is 2.10. The van der Waals surface area contributed by atoms with Gasteiger partial charge in [-0.25, -0.2) is 15.0 Å². The summed E-state index contributed by atoms with van der Waals surface area (Å²) in [6.07, 6.45) is 3.04. The topological polar surface area (TPSA) is 78.9 Å². The molecule has 2 aromatic heterocycles. The molecule has 3 aromatic rings. The Labute approximate surface area is 113 Å². The number of nitrogens with two attached hydrogens (primary N) is 1. The lowest BCUT2D eigenvalue weighted by Gasteiger charge is -2.07. The Bertz CT molecular complexity index is 755. The van der Waals surface area contributed by atoms with Crippen molar-refractivity contribution in [2.75, 3.05) is 12.8 Å². The molecule has 0 aliphatic heterocycles. The maximum absolute atomic E-state index is 6.11. The zero-order valence-electron chi connectivity index (χ0n) is 10.0. The number of hydrogen-bond acceptors (Lipinski definition) is 5. The van der Waals surface area contributed by atoms with Gasteiger partial charge in [-0.15, -0.1) is 0 Å². The van der Waals surface area contributed by atoms with Gasteiger partial charge >= 0.3 is 0 Å². The number of hydrogen-bond donors (Lipinski definition) is 1. The van der Waals surface area contributed by atoms with E-state index in [2.05, 4.69) is 15.0 Å². The maximum Gasteiger partial charge on any atom is 0.170 e. The monoisotopic (exact) mass is 275 g/mol. The van der Waals surface area contributed by atoms with E-state index in [1.54, 1.807) is 30.1 Å². The van der Waals surface area contributed by atoms with E-state index in [1.165, 1.54) is 6.33 Å². The first kappa shape index (κ1) is 11.7. The van der Waals surface area contributed by atoms with Crippen molar-refractivity contribution in [2.45, 2.75) is 0 Å². The predicted octanol–water partition coefficient (Wildman–Crippen LogP) is 2.06. The van der Waals surface area contributed by atoms with Crippen molar-refractivity contribution in [2.24, 2.45) is 0 Å². The minimum absolute atomic E-state index is 0.350. The number of benzene rings is 1. The van der Waals surface area contributed by atoms with Crippen LogP contribution in [0.3, 0.4) is 0 Å². The van der Waals surface area contributed by atoms with Gasteiger partial charge in [0.1, 0.15) is 18.4 Å². The fourth-order valence-electron chi connectivity index (χ4n) is 1.85. The Morgan fingerprint density at radius 2 is 2.11 bits per heavy atom. The molecule has 0 amide bonds. The third-order valence-corrected chi connectivity index (χ3v) is 3.07. The van der Waals surface area contributed by atoms with Gasteiger partial charge in [-0.1, -0.05) is 11.6 Å². The van der Waals surface area contributed by atoms with E-state index in [1.807, 2.05) is 6.07 Å². The standard InChI is InChI=1S/C12H10ClN5O/c1-19-9-3-2-7(4-8(9)13)18-6-17-10-11(14)15-5-16-12(10)18/h2-6H,1H3,(H2,14,15,16). The molecule has 6 nitrogen and oxygen atoms in total. The molecule has 0 unspecified atom stereocenters. The molecule has 2 N–H and O–H groups in total. The van der Waals surface area contributed by atoms with Crippen LogP contribution in [-0.2, 0) is 0 Å². The van der Waals surface area contributed by atoms with Crippen LogP contribution in [-0.4, -0.2) is 26.6 Å². The van der Waals surface area contributed by atoms with Crippen molar-refractivity contribution in [1.82, 2.24) is 19.5 Å². The number of rotatable bonds is 2. The lowest BCUT2D eigenvalue weighted by Crippen LogP contribution is -1.97. The van der Waals surface area contributed by atoms with Gasteiger partial charge in [-0.3, -0.25) is 4.57 Å². The van der Waals surface area contributed by atoms with Gasteiger partial charge in [-0.05, 0) is 18.2 Å². The SMILES string of the molecule is COc1ccc(-n2cnc3c(N)ncnc32)cc1Cl. The molecule has 96 valence electrons. The number of aromatic nitrogens is 4. The lowest BCUT2D eigenvalue weighted by atomic mass is 10.3. The molecule has 7 heteroatoms. The van der Waals surface area contributed by atoms with E-state index in [0.717, 1.165) is 5.69 Å². The normalized spacial score (nSPS) is 10.8. The first-order valence-corrected chi connectivity index (χ1v) is 5.86. The van der Waals surface area contributed by atoms with Gasteiger partial charge in [0.15, 0.2) is 17.0 Å². The Hall–Kier alpha value is -2.34. The second-order valence-electron chi connectivity index (χ2n) is 3.86. The summed E-state index contributed by atoms with van der Waals surface area (Å²) in [5.41, 5.74) is 7.77. The molecule has 0 aliphatic rings. The number of ether oxygens (including phenoxy) is 1. The number of anilines is 1. The van der Waals surface area contributed by atoms with E-state index in [0.29, 0.717) is 27.8 Å². The first-order chi connectivity index (χ1) is 9.20. The quantitative estimate of drug-likeness (QED) is 0.774. The van der Waals surface area contributed by atoms with Crippen molar-refractivity contribution in [3.63, 3.8) is 0 Å². The van der Waals surface area contributed by atoms with Crippen molar-refractivity contribution < 1.29 is 4.74 Å². The number of fused-ring (bicyclic) bond motifs is 1. The number of nitrogen functional groups attached to an aromatic ring is 1. The molecule has 0 saturated carbocycles. The molecular formula is C12H10ClN5O. The highest BCUT2D eigenvalue weighted by atomic mass is 35.5. The molecule has 0 fully saturated rings. The van der Waals surface area contributed by atoms with Crippen LogP contribution in [0, 0.1) is 0 Å². The minimum Gasteiger partial charge on any atom is -0.495 e. The Morgan fingerprint density at radius 3 is 2.84 bits per heavy atom. The molecule has 3 rings (SSSR count). The van der Waals surface area contributed by atoms with Crippen LogP contribution >= 0.6 is 11.6 Å². The van der Waals surface area contributed by atoms with Crippen LogP contribution in [0.4, 0.5) is 5.82 Å². The van der Waals surface area contributed by atoms with Crippen molar-refractivity contribution in [3.8, 4) is 11.4 Å². The summed E-state index contributed by atoms with van der Waals surface area (Å²) in [6.45, 7) is 0. The van der Waals surface area contributed by atoms with Crippen molar-refractivity contribution in [1.29, 1.82) is 0 Å². The Morgan fingerprint density at radius 1 is 1.26 bits per heavy atom. The Kier molecular flexibility index (Phi) is 2.72. The van der Waals surface area contributed by atoms with Crippen molar-refractivity contribution in [3.05, 3.63) is 35.9 Å². The van der Waals surface area contributed by atoms with Gasteiger partial charge in [0.25, 0.3) is 0 Å². The van der Waals surface area contributed by atoms with Gasteiger partial charge in [0.05, 0.1) is 17.8 Å². The third-order valence-electron chi connectivity index (χ3n) is 2.78. The van der Waals surface area contributed by atoms with Crippen molar-refractivity contribution >= 4 is 28.6 Å². The van der Waals surface area contributed by atoms with E-state index in [4.69, 9.17) is 22.1 Å². The highest BCUT2D eigenvalue weighted by Crippen LogP contribution is 2.28. The van der Waals surface area contributed by atoms with Crippen LogP contribution in [0.2, 0.25) is 5.02 Å². The molecule has 0 bridgehead atoms.